The summed E-state index contributed by atoms with van der Waals surface area (Å²) in [6.45, 7) is 4.74. The number of ether oxygens (including phenoxy) is 1. The highest BCUT2D eigenvalue weighted by atomic mass is 127. The topological polar surface area (TPSA) is 72.4 Å². The highest BCUT2D eigenvalue weighted by Crippen LogP contribution is 2.19. The van der Waals surface area contributed by atoms with Crippen molar-refractivity contribution in [2.75, 3.05) is 79.7 Å². The lowest BCUT2D eigenvalue weighted by Gasteiger charge is -2.26. The maximum Gasteiger partial charge on any atom is 0.401 e. The Labute approximate surface area is 193 Å². The molecule has 2 aliphatic rings. The van der Waals surface area contributed by atoms with Crippen LogP contribution in [0.25, 0.3) is 0 Å². The van der Waals surface area contributed by atoms with Gasteiger partial charge in [-0.15, -0.1) is 24.0 Å². The second kappa shape index (κ2) is 13.5. The molecule has 30 heavy (non-hydrogen) atoms. The molecule has 8 nitrogen and oxygen atoms in total. The average molecular weight is 550 g/mol. The van der Waals surface area contributed by atoms with Gasteiger partial charge in [-0.3, -0.25) is 14.6 Å². The van der Waals surface area contributed by atoms with Gasteiger partial charge in [-0.05, 0) is 19.4 Å². The summed E-state index contributed by atoms with van der Waals surface area (Å²) in [6, 6.07) is -0.127. The van der Waals surface area contributed by atoms with Crippen molar-refractivity contribution >= 4 is 35.8 Å². The number of hydrogen-bond donors (Lipinski definition) is 2. The van der Waals surface area contributed by atoms with E-state index in [-0.39, 0.29) is 42.5 Å². The Kier molecular flexibility index (Phi) is 12.3. The van der Waals surface area contributed by atoms with Crippen LogP contribution < -0.4 is 10.6 Å². The van der Waals surface area contributed by atoms with Gasteiger partial charge in [0.2, 0.25) is 5.91 Å². The van der Waals surface area contributed by atoms with Gasteiger partial charge in [0.25, 0.3) is 0 Å². The summed E-state index contributed by atoms with van der Waals surface area (Å²) >= 11 is 0. The quantitative estimate of drug-likeness (QED) is 0.200. The van der Waals surface area contributed by atoms with Gasteiger partial charge in [-0.1, -0.05) is 0 Å². The molecule has 2 N–H and O–H groups in total. The highest BCUT2D eigenvalue weighted by Gasteiger charge is 2.34. The Morgan fingerprint density at radius 2 is 1.90 bits per heavy atom. The molecule has 2 rings (SSSR count). The zero-order valence-corrected chi connectivity index (χ0v) is 20.0. The maximum atomic E-state index is 12.6. The Morgan fingerprint density at radius 3 is 2.53 bits per heavy atom. The minimum Gasteiger partial charge on any atom is -0.379 e. The van der Waals surface area contributed by atoms with Crippen LogP contribution in [0.1, 0.15) is 12.8 Å². The molecule has 0 radical (unpaired) electrons. The van der Waals surface area contributed by atoms with Crippen molar-refractivity contribution in [3.05, 3.63) is 0 Å². The summed E-state index contributed by atoms with van der Waals surface area (Å²) < 4.78 is 43.1. The number of likely N-dealkylation sites (tertiary alicyclic amines) is 1. The number of halogens is 4. The standard InChI is InChI=1S/C18H33F3N6O2.HI/c1-25(2)16(28)12-23-17(22-5-3-6-26-8-10-29-11-9-26)24-15-4-7-27(13-15)14-18(19,20)21;/h15H,3-14H2,1-2H3,(H2,22,23,24);1H. The largest absolute Gasteiger partial charge is 0.401 e. The number of likely N-dealkylation sites (N-methyl/N-ethyl adjacent to an activating group) is 1. The van der Waals surface area contributed by atoms with E-state index in [0.717, 1.165) is 39.3 Å². The van der Waals surface area contributed by atoms with Crippen LogP contribution in [0.2, 0.25) is 0 Å². The summed E-state index contributed by atoms with van der Waals surface area (Å²) in [5.74, 6) is 0.338. The van der Waals surface area contributed by atoms with Gasteiger partial charge in [0.05, 0.1) is 19.8 Å². The molecule has 176 valence electrons. The molecule has 1 amide bonds. The van der Waals surface area contributed by atoms with Crippen molar-refractivity contribution in [1.29, 1.82) is 0 Å². The van der Waals surface area contributed by atoms with E-state index in [4.69, 9.17) is 4.74 Å². The minimum absolute atomic E-state index is 0. The van der Waals surface area contributed by atoms with Crippen molar-refractivity contribution < 1.29 is 22.7 Å². The number of amides is 1. The summed E-state index contributed by atoms with van der Waals surface area (Å²) in [7, 11) is 3.32. The van der Waals surface area contributed by atoms with E-state index in [9.17, 15) is 18.0 Å². The van der Waals surface area contributed by atoms with Crippen LogP contribution in [-0.2, 0) is 9.53 Å². The molecule has 0 aromatic heterocycles. The SMILES string of the molecule is CN(C)C(=O)CN=C(NCCCN1CCOCC1)NC1CCN(CC(F)(F)F)C1.I. The third-order valence-corrected chi connectivity index (χ3v) is 4.93. The maximum absolute atomic E-state index is 12.6. The van der Waals surface area contributed by atoms with E-state index in [1.54, 1.807) is 14.1 Å². The summed E-state index contributed by atoms with van der Waals surface area (Å²) in [5.41, 5.74) is 0. The monoisotopic (exact) mass is 550 g/mol. The molecule has 12 heteroatoms. The van der Waals surface area contributed by atoms with E-state index in [1.165, 1.54) is 9.80 Å². The van der Waals surface area contributed by atoms with Crippen molar-refractivity contribution in [3.63, 3.8) is 0 Å². The minimum atomic E-state index is -4.19. The first-order valence-corrected chi connectivity index (χ1v) is 10.1. The van der Waals surface area contributed by atoms with E-state index in [0.29, 0.717) is 32.0 Å². The third kappa shape index (κ3) is 11.0. The lowest BCUT2D eigenvalue weighted by Crippen LogP contribution is -2.46. The Bertz CT molecular complexity index is 545. The number of guanidine groups is 1. The van der Waals surface area contributed by atoms with E-state index >= 15 is 0 Å². The molecule has 2 heterocycles. The Morgan fingerprint density at radius 1 is 1.20 bits per heavy atom. The van der Waals surface area contributed by atoms with Crippen molar-refractivity contribution in [2.45, 2.75) is 25.1 Å². The van der Waals surface area contributed by atoms with Crippen molar-refractivity contribution in [2.24, 2.45) is 4.99 Å². The zero-order valence-electron chi connectivity index (χ0n) is 17.7. The van der Waals surface area contributed by atoms with Gasteiger partial charge >= 0.3 is 6.18 Å². The number of alkyl halides is 3. The van der Waals surface area contributed by atoms with Gasteiger partial charge in [0.15, 0.2) is 5.96 Å². The fraction of sp³-hybridized carbons (Fsp3) is 0.889. The molecule has 1 atom stereocenters. The molecule has 0 spiro atoms. The molecule has 0 saturated carbocycles. The molecule has 2 aliphatic heterocycles. The average Bonchev–Trinajstić information content (AvgIpc) is 3.08. The molecular weight excluding hydrogens is 516 g/mol. The fourth-order valence-corrected chi connectivity index (χ4v) is 3.32. The van der Waals surface area contributed by atoms with Gasteiger partial charge in [-0.2, -0.15) is 13.2 Å². The number of aliphatic imine (C=N–C) groups is 1. The van der Waals surface area contributed by atoms with Crippen LogP contribution in [0.4, 0.5) is 13.2 Å². The first kappa shape index (κ1) is 27.2. The number of carbonyl (C=O) groups excluding carboxylic acids is 1. The first-order chi connectivity index (χ1) is 13.7. The molecule has 0 aliphatic carbocycles. The summed E-state index contributed by atoms with van der Waals surface area (Å²) in [5, 5.41) is 6.40. The fourth-order valence-electron chi connectivity index (χ4n) is 3.32. The van der Waals surface area contributed by atoms with Crippen molar-refractivity contribution in [3.8, 4) is 0 Å². The van der Waals surface area contributed by atoms with Crippen LogP contribution >= 0.6 is 24.0 Å². The lowest BCUT2D eigenvalue weighted by molar-refractivity contribution is -0.143. The van der Waals surface area contributed by atoms with Gasteiger partial charge in [0.1, 0.15) is 6.54 Å². The van der Waals surface area contributed by atoms with Gasteiger partial charge < -0.3 is 20.3 Å². The van der Waals surface area contributed by atoms with E-state index in [2.05, 4.69) is 20.5 Å². The number of nitrogens with zero attached hydrogens (tertiary/aromatic N) is 4. The molecule has 0 aromatic carbocycles. The van der Waals surface area contributed by atoms with Crippen LogP contribution in [0.5, 0.6) is 0 Å². The normalized spacial score (nSPS) is 21.2. The zero-order chi connectivity index (χ0) is 21.3. The summed E-state index contributed by atoms with van der Waals surface area (Å²) in [4.78, 5) is 21.3. The smallest absolute Gasteiger partial charge is 0.379 e. The Hall–Kier alpha value is -0.860. The number of carbonyl (C=O) groups is 1. The van der Waals surface area contributed by atoms with Crippen molar-refractivity contribution in [1.82, 2.24) is 25.3 Å². The Balaban J connectivity index is 0.00000450. The van der Waals surface area contributed by atoms with Crippen LogP contribution in [0.3, 0.4) is 0 Å². The highest BCUT2D eigenvalue weighted by molar-refractivity contribution is 14.0. The predicted octanol–water partition coefficient (Wildman–Crippen LogP) is 0.587. The van der Waals surface area contributed by atoms with Crippen LogP contribution in [-0.4, -0.2) is 118 Å². The third-order valence-electron chi connectivity index (χ3n) is 4.93. The van der Waals surface area contributed by atoms with Crippen LogP contribution in [0.15, 0.2) is 4.99 Å². The number of nitrogens with one attached hydrogen (secondary N) is 2. The molecule has 2 fully saturated rings. The van der Waals surface area contributed by atoms with Gasteiger partial charge in [-0.25, -0.2) is 4.99 Å². The number of morpholine rings is 1. The van der Waals surface area contributed by atoms with Gasteiger partial charge in [0, 0.05) is 52.9 Å². The summed E-state index contributed by atoms with van der Waals surface area (Å²) in [6.07, 6.45) is -2.69. The second-order valence-corrected chi connectivity index (χ2v) is 7.67. The molecule has 2 saturated heterocycles. The molecular formula is C18H34F3IN6O2. The van der Waals surface area contributed by atoms with E-state index < -0.39 is 12.7 Å². The molecule has 1 unspecified atom stereocenters. The number of hydrogen-bond acceptors (Lipinski definition) is 5. The predicted molar refractivity (Wildman–Crippen MR) is 120 cm³/mol. The first-order valence-electron chi connectivity index (χ1n) is 10.1. The molecule has 0 aromatic rings. The van der Waals surface area contributed by atoms with Crippen LogP contribution in [0, 0.1) is 0 Å². The van der Waals surface area contributed by atoms with E-state index in [1.807, 2.05) is 0 Å². The molecule has 0 bridgehead atoms. The lowest BCUT2D eigenvalue weighted by atomic mass is 10.3. The number of rotatable bonds is 8. The second-order valence-electron chi connectivity index (χ2n) is 7.67.